The Morgan fingerprint density at radius 1 is 1.10 bits per heavy atom. The van der Waals surface area contributed by atoms with Crippen molar-refractivity contribution in [3.8, 4) is 0 Å². The van der Waals surface area contributed by atoms with Gasteiger partial charge in [-0.2, -0.15) is 0 Å². The zero-order valence-corrected chi connectivity index (χ0v) is 17.9. The first-order valence-electron chi connectivity index (χ1n) is 11.6. The first-order chi connectivity index (χ1) is 14.2. The SMILES string of the molecule is CC(C(=O)NC1CCCC1)N1CCCC(CN2CCN(c3ccccn3)CC2)C1. The lowest BCUT2D eigenvalue weighted by molar-refractivity contribution is -0.127. The number of hydrogen-bond acceptors (Lipinski definition) is 5. The molecule has 1 amide bonds. The van der Waals surface area contributed by atoms with Gasteiger partial charge in [-0.1, -0.05) is 18.9 Å². The van der Waals surface area contributed by atoms with Crippen LogP contribution in [0.15, 0.2) is 24.4 Å². The monoisotopic (exact) mass is 399 g/mol. The fourth-order valence-corrected chi connectivity index (χ4v) is 5.22. The molecule has 29 heavy (non-hydrogen) atoms. The van der Waals surface area contributed by atoms with Crippen molar-refractivity contribution in [2.75, 3.05) is 50.7 Å². The number of nitrogens with zero attached hydrogens (tertiary/aromatic N) is 4. The van der Waals surface area contributed by atoms with Gasteiger partial charge in [0.2, 0.25) is 5.91 Å². The molecule has 6 heteroatoms. The number of anilines is 1. The number of aromatic nitrogens is 1. The molecule has 4 rings (SSSR count). The summed E-state index contributed by atoms with van der Waals surface area (Å²) in [5.74, 6) is 2.01. The van der Waals surface area contributed by atoms with E-state index in [0.717, 1.165) is 64.5 Å². The van der Waals surface area contributed by atoms with Crippen LogP contribution < -0.4 is 10.2 Å². The third-order valence-electron chi connectivity index (χ3n) is 7.04. The second kappa shape index (κ2) is 9.90. The fraction of sp³-hybridized carbons (Fsp3) is 0.739. The van der Waals surface area contributed by atoms with Gasteiger partial charge >= 0.3 is 0 Å². The van der Waals surface area contributed by atoms with Crippen molar-refractivity contribution in [1.82, 2.24) is 20.1 Å². The Morgan fingerprint density at radius 2 is 1.90 bits per heavy atom. The van der Waals surface area contributed by atoms with Crippen molar-refractivity contribution in [3.63, 3.8) is 0 Å². The molecule has 2 atom stereocenters. The highest BCUT2D eigenvalue weighted by Gasteiger charge is 2.30. The van der Waals surface area contributed by atoms with Crippen LogP contribution in [0.1, 0.15) is 45.4 Å². The number of nitrogens with one attached hydrogen (secondary N) is 1. The van der Waals surface area contributed by atoms with E-state index in [1.54, 1.807) is 0 Å². The molecule has 3 heterocycles. The maximum atomic E-state index is 12.7. The van der Waals surface area contributed by atoms with Crippen molar-refractivity contribution in [1.29, 1.82) is 0 Å². The molecule has 0 aromatic carbocycles. The van der Waals surface area contributed by atoms with E-state index in [4.69, 9.17) is 0 Å². The molecule has 1 N–H and O–H groups in total. The number of rotatable bonds is 6. The van der Waals surface area contributed by atoms with E-state index in [1.165, 1.54) is 25.7 Å². The fourth-order valence-electron chi connectivity index (χ4n) is 5.22. The molecule has 1 aromatic rings. The molecule has 0 radical (unpaired) electrons. The minimum Gasteiger partial charge on any atom is -0.354 e. The largest absolute Gasteiger partial charge is 0.354 e. The molecule has 2 saturated heterocycles. The summed E-state index contributed by atoms with van der Waals surface area (Å²) in [5.41, 5.74) is 0. The minimum atomic E-state index is -0.000553. The van der Waals surface area contributed by atoms with Crippen molar-refractivity contribution in [3.05, 3.63) is 24.4 Å². The molecule has 1 saturated carbocycles. The van der Waals surface area contributed by atoms with Gasteiger partial charge in [0.1, 0.15) is 5.82 Å². The zero-order valence-electron chi connectivity index (χ0n) is 17.9. The van der Waals surface area contributed by atoms with Crippen molar-refractivity contribution in [2.45, 2.75) is 57.5 Å². The van der Waals surface area contributed by atoms with E-state index >= 15 is 0 Å². The Balaban J connectivity index is 1.22. The molecule has 1 aliphatic carbocycles. The predicted molar refractivity (Wildman–Crippen MR) is 117 cm³/mol. The first-order valence-corrected chi connectivity index (χ1v) is 11.6. The quantitative estimate of drug-likeness (QED) is 0.796. The van der Waals surface area contributed by atoms with Gasteiger partial charge in [0.05, 0.1) is 6.04 Å². The smallest absolute Gasteiger partial charge is 0.237 e. The Morgan fingerprint density at radius 3 is 2.62 bits per heavy atom. The van der Waals surface area contributed by atoms with Crippen molar-refractivity contribution >= 4 is 11.7 Å². The van der Waals surface area contributed by atoms with Crippen molar-refractivity contribution in [2.24, 2.45) is 5.92 Å². The lowest BCUT2D eigenvalue weighted by atomic mass is 9.95. The molecular weight excluding hydrogens is 362 g/mol. The Bertz CT molecular complexity index is 640. The standard InChI is InChI=1S/C23H37N5O/c1-19(23(29)25-21-8-2-3-9-21)28-12-6-7-20(18-28)17-26-13-15-27(16-14-26)22-10-4-5-11-24-22/h4-5,10-11,19-21H,2-3,6-9,12-18H2,1H3,(H,25,29). The summed E-state index contributed by atoms with van der Waals surface area (Å²) in [6.07, 6.45) is 9.21. The van der Waals surface area contributed by atoms with Crippen molar-refractivity contribution < 1.29 is 4.79 Å². The molecule has 3 aliphatic rings. The summed E-state index contributed by atoms with van der Waals surface area (Å²) in [6, 6.07) is 6.56. The Hall–Kier alpha value is -1.66. The van der Waals surface area contributed by atoms with Crippen LogP contribution in [0.25, 0.3) is 0 Å². The summed E-state index contributed by atoms with van der Waals surface area (Å²) in [6.45, 7) is 9.67. The topological polar surface area (TPSA) is 51.7 Å². The second-order valence-electron chi connectivity index (χ2n) is 9.14. The highest BCUT2D eigenvalue weighted by molar-refractivity contribution is 5.81. The van der Waals surface area contributed by atoms with Crippen LogP contribution >= 0.6 is 0 Å². The minimum absolute atomic E-state index is 0.000553. The second-order valence-corrected chi connectivity index (χ2v) is 9.14. The van der Waals surface area contributed by atoms with E-state index < -0.39 is 0 Å². The van der Waals surface area contributed by atoms with Crippen LogP contribution in [0.3, 0.4) is 0 Å². The molecule has 160 valence electrons. The van der Waals surface area contributed by atoms with E-state index in [-0.39, 0.29) is 11.9 Å². The number of piperidine rings is 1. The van der Waals surface area contributed by atoms with Gasteiger partial charge in [-0.3, -0.25) is 14.6 Å². The van der Waals surface area contributed by atoms with E-state index in [9.17, 15) is 4.79 Å². The van der Waals surface area contributed by atoms with E-state index in [1.807, 2.05) is 12.3 Å². The third kappa shape index (κ3) is 5.48. The van der Waals surface area contributed by atoms with E-state index in [0.29, 0.717) is 12.0 Å². The maximum Gasteiger partial charge on any atom is 0.237 e. The van der Waals surface area contributed by atoms with Gasteiger partial charge in [0.25, 0.3) is 0 Å². The van der Waals surface area contributed by atoms with Crippen LogP contribution in [0.4, 0.5) is 5.82 Å². The maximum absolute atomic E-state index is 12.7. The summed E-state index contributed by atoms with van der Waals surface area (Å²) in [7, 11) is 0. The predicted octanol–water partition coefficient (Wildman–Crippen LogP) is 2.36. The van der Waals surface area contributed by atoms with Crippen LogP contribution in [-0.2, 0) is 4.79 Å². The van der Waals surface area contributed by atoms with Crippen LogP contribution in [0.5, 0.6) is 0 Å². The number of pyridine rings is 1. The Kier molecular flexibility index (Phi) is 7.03. The summed E-state index contributed by atoms with van der Waals surface area (Å²) < 4.78 is 0. The molecule has 0 spiro atoms. The lowest BCUT2D eigenvalue weighted by Gasteiger charge is -2.41. The molecule has 1 aromatic heterocycles. The lowest BCUT2D eigenvalue weighted by Crippen LogP contribution is -2.53. The molecule has 0 bridgehead atoms. The first kappa shape index (κ1) is 20.6. The van der Waals surface area contributed by atoms with E-state index in [2.05, 4.69) is 44.1 Å². The van der Waals surface area contributed by atoms with Gasteiger partial charge in [0.15, 0.2) is 0 Å². The normalized spacial score (nSPS) is 25.8. The van der Waals surface area contributed by atoms with Gasteiger partial charge in [-0.25, -0.2) is 4.98 Å². The number of piperazine rings is 1. The summed E-state index contributed by atoms with van der Waals surface area (Å²) >= 11 is 0. The molecule has 2 unspecified atom stereocenters. The van der Waals surface area contributed by atoms with Crippen LogP contribution in [0.2, 0.25) is 0 Å². The number of likely N-dealkylation sites (tertiary alicyclic amines) is 1. The molecule has 3 fully saturated rings. The van der Waals surface area contributed by atoms with Crippen LogP contribution in [-0.4, -0.2) is 78.6 Å². The van der Waals surface area contributed by atoms with Gasteiger partial charge in [0, 0.05) is 51.5 Å². The molecule has 6 nitrogen and oxygen atoms in total. The highest BCUT2D eigenvalue weighted by Crippen LogP contribution is 2.22. The average molecular weight is 400 g/mol. The average Bonchev–Trinajstić information content (AvgIpc) is 3.27. The number of carbonyl (C=O) groups excluding carboxylic acids is 1. The van der Waals surface area contributed by atoms with Gasteiger partial charge < -0.3 is 10.2 Å². The number of hydrogen-bond donors (Lipinski definition) is 1. The number of amides is 1. The van der Waals surface area contributed by atoms with Crippen LogP contribution in [0, 0.1) is 5.92 Å². The van der Waals surface area contributed by atoms with Gasteiger partial charge in [-0.15, -0.1) is 0 Å². The molecular formula is C23H37N5O. The Labute approximate surface area is 175 Å². The third-order valence-corrected chi connectivity index (χ3v) is 7.04. The summed E-state index contributed by atoms with van der Waals surface area (Å²) in [5, 5.41) is 3.29. The highest BCUT2D eigenvalue weighted by atomic mass is 16.2. The van der Waals surface area contributed by atoms with Gasteiger partial charge in [-0.05, 0) is 57.2 Å². The molecule has 2 aliphatic heterocycles. The summed E-state index contributed by atoms with van der Waals surface area (Å²) in [4.78, 5) is 24.6. The zero-order chi connectivity index (χ0) is 20.1. The number of carbonyl (C=O) groups is 1.